The van der Waals surface area contributed by atoms with Gasteiger partial charge in [-0.05, 0) is 30.7 Å². The Balaban J connectivity index is 0.00000320. The number of aliphatic imine (C=N–C) groups is 1. The van der Waals surface area contributed by atoms with E-state index >= 15 is 0 Å². The molecule has 0 amide bonds. The molecule has 166 valence electrons. The molecular formula is C23H36IN5O. The van der Waals surface area contributed by atoms with Crippen molar-refractivity contribution in [2.75, 3.05) is 39.4 Å². The molecule has 2 N–H and O–H groups in total. The molecule has 2 heterocycles. The van der Waals surface area contributed by atoms with Gasteiger partial charge in [0.15, 0.2) is 5.96 Å². The van der Waals surface area contributed by atoms with E-state index in [4.69, 9.17) is 9.73 Å². The molecular weight excluding hydrogens is 489 g/mol. The number of rotatable bonds is 8. The van der Waals surface area contributed by atoms with E-state index in [1.165, 1.54) is 10.8 Å². The number of pyridine rings is 1. The zero-order chi connectivity index (χ0) is 20.5. The third-order valence-electron chi connectivity index (χ3n) is 5.30. The summed E-state index contributed by atoms with van der Waals surface area (Å²) in [5, 5.41) is 9.32. The molecule has 1 aromatic carbocycles. The van der Waals surface area contributed by atoms with E-state index in [2.05, 4.69) is 65.6 Å². The second kappa shape index (κ2) is 13.1. The minimum Gasteiger partial charge on any atom is -0.379 e. The van der Waals surface area contributed by atoms with Gasteiger partial charge in [-0.1, -0.05) is 38.1 Å². The summed E-state index contributed by atoms with van der Waals surface area (Å²) in [4.78, 5) is 11.9. The van der Waals surface area contributed by atoms with Crippen molar-refractivity contribution >= 4 is 40.7 Å². The highest BCUT2D eigenvalue weighted by atomic mass is 127. The van der Waals surface area contributed by atoms with Crippen molar-refractivity contribution in [2.45, 2.75) is 39.8 Å². The molecule has 3 rings (SSSR count). The van der Waals surface area contributed by atoms with Crippen LogP contribution in [0.1, 0.15) is 32.9 Å². The Hall–Kier alpha value is -1.45. The Kier molecular flexibility index (Phi) is 10.8. The summed E-state index contributed by atoms with van der Waals surface area (Å²) in [5.41, 5.74) is 1.01. The molecule has 1 fully saturated rings. The fourth-order valence-electron chi connectivity index (χ4n) is 3.87. The van der Waals surface area contributed by atoms with Crippen LogP contribution in [0, 0.1) is 5.92 Å². The topological polar surface area (TPSA) is 61.8 Å². The number of fused-ring (bicyclic) bond motifs is 1. The van der Waals surface area contributed by atoms with Gasteiger partial charge in [-0.25, -0.2) is 4.99 Å². The highest BCUT2D eigenvalue weighted by Gasteiger charge is 2.22. The number of morpholine rings is 1. The van der Waals surface area contributed by atoms with Crippen LogP contribution in [-0.4, -0.2) is 61.3 Å². The van der Waals surface area contributed by atoms with Crippen molar-refractivity contribution in [3.8, 4) is 0 Å². The van der Waals surface area contributed by atoms with Gasteiger partial charge < -0.3 is 15.4 Å². The number of nitrogens with one attached hydrogen (secondary N) is 2. The molecule has 6 nitrogen and oxygen atoms in total. The fraction of sp³-hybridized carbons (Fsp3) is 0.565. The number of halogens is 1. The number of hydrogen-bond acceptors (Lipinski definition) is 4. The maximum absolute atomic E-state index is 5.54. The van der Waals surface area contributed by atoms with Crippen LogP contribution in [-0.2, 0) is 11.3 Å². The summed E-state index contributed by atoms with van der Waals surface area (Å²) in [5.74, 6) is 1.51. The number of hydrogen-bond donors (Lipinski definition) is 2. The third kappa shape index (κ3) is 7.35. The van der Waals surface area contributed by atoms with Gasteiger partial charge in [-0.15, -0.1) is 24.0 Å². The molecule has 7 heteroatoms. The van der Waals surface area contributed by atoms with Crippen LogP contribution in [0.3, 0.4) is 0 Å². The quantitative estimate of drug-likeness (QED) is 0.313. The van der Waals surface area contributed by atoms with Crippen LogP contribution in [0.5, 0.6) is 0 Å². The lowest BCUT2D eigenvalue weighted by Crippen LogP contribution is -2.51. The Morgan fingerprint density at radius 3 is 2.67 bits per heavy atom. The zero-order valence-electron chi connectivity index (χ0n) is 18.4. The number of nitrogens with zero attached hydrogens (tertiary/aromatic N) is 3. The standard InChI is InChI=1S/C23H35N5O.HI/c1-4-24-23(26-16-20(15-18(2)3)28-11-13-29-14-12-28)27-17-22-21-8-6-5-7-19(21)9-10-25-22;/h5-10,18,20H,4,11-17H2,1-3H3,(H2,24,26,27);1H. The molecule has 2 aromatic rings. The van der Waals surface area contributed by atoms with Gasteiger partial charge in [-0.2, -0.15) is 0 Å². The second-order valence-electron chi connectivity index (χ2n) is 7.99. The number of guanidine groups is 1. The van der Waals surface area contributed by atoms with Crippen molar-refractivity contribution in [3.63, 3.8) is 0 Å². The van der Waals surface area contributed by atoms with Gasteiger partial charge in [0.2, 0.25) is 0 Å². The molecule has 1 atom stereocenters. The van der Waals surface area contributed by atoms with Gasteiger partial charge in [0.05, 0.1) is 25.5 Å². The predicted octanol–water partition coefficient (Wildman–Crippen LogP) is 3.65. The molecule has 0 radical (unpaired) electrons. The lowest BCUT2D eigenvalue weighted by atomic mass is 10.0. The van der Waals surface area contributed by atoms with Gasteiger partial charge in [-0.3, -0.25) is 9.88 Å². The van der Waals surface area contributed by atoms with E-state index in [1.54, 1.807) is 0 Å². The van der Waals surface area contributed by atoms with Crippen molar-refractivity contribution in [3.05, 3.63) is 42.2 Å². The average molecular weight is 525 g/mol. The lowest BCUT2D eigenvalue weighted by molar-refractivity contribution is 0.0132. The largest absolute Gasteiger partial charge is 0.379 e. The molecule has 1 aliphatic rings. The van der Waals surface area contributed by atoms with Crippen molar-refractivity contribution in [1.29, 1.82) is 0 Å². The fourth-order valence-corrected chi connectivity index (χ4v) is 3.87. The number of benzene rings is 1. The molecule has 0 saturated carbocycles. The van der Waals surface area contributed by atoms with E-state index < -0.39 is 0 Å². The highest BCUT2D eigenvalue weighted by Crippen LogP contribution is 2.17. The molecule has 1 unspecified atom stereocenters. The van der Waals surface area contributed by atoms with Crippen LogP contribution in [0.25, 0.3) is 10.8 Å². The van der Waals surface area contributed by atoms with Gasteiger partial charge >= 0.3 is 0 Å². The first-order valence-electron chi connectivity index (χ1n) is 10.8. The van der Waals surface area contributed by atoms with E-state index in [-0.39, 0.29) is 24.0 Å². The maximum atomic E-state index is 5.54. The monoisotopic (exact) mass is 525 g/mol. The zero-order valence-corrected chi connectivity index (χ0v) is 20.8. The lowest BCUT2D eigenvalue weighted by Gasteiger charge is -2.35. The van der Waals surface area contributed by atoms with Crippen LogP contribution in [0.15, 0.2) is 41.5 Å². The van der Waals surface area contributed by atoms with Crippen molar-refractivity contribution in [1.82, 2.24) is 20.5 Å². The molecule has 0 bridgehead atoms. The summed E-state index contributed by atoms with van der Waals surface area (Å²) >= 11 is 0. The minimum absolute atomic E-state index is 0. The van der Waals surface area contributed by atoms with E-state index in [0.717, 1.165) is 57.5 Å². The van der Waals surface area contributed by atoms with E-state index in [9.17, 15) is 0 Å². The summed E-state index contributed by atoms with van der Waals surface area (Å²) < 4.78 is 5.54. The maximum Gasteiger partial charge on any atom is 0.191 e. The van der Waals surface area contributed by atoms with Crippen molar-refractivity contribution < 1.29 is 4.74 Å². The van der Waals surface area contributed by atoms with Crippen LogP contribution >= 0.6 is 24.0 Å². The van der Waals surface area contributed by atoms with E-state index in [0.29, 0.717) is 18.5 Å². The van der Waals surface area contributed by atoms with Gasteiger partial charge in [0, 0.05) is 43.8 Å². The predicted molar refractivity (Wildman–Crippen MR) is 136 cm³/mol. The molecule has 30 heavy (non-hydrogen) atoms. The molecule has 1 aliphatic heterocycles. The summed E-state index contributed by atoms with van der Waals surface area (Å²) in [6.07, 6.45) is 3.03. The SMILES string of the molecule is CCNC(=NCc1nccc2ccccc12)NCC(CC(C)C)N1CCOCC1.I. The Morgan fingerprint density at radius 2 is 1.93 bits per heavy atom. The first-order chi connectivity index (χ1) is 14.2. The summed E-state index contributed by atoms with van der Waals surface area (Å²) in [7, 11) is 0. The number of aromatic nitrogens is 1. The van der Waals surface area contributed by atoms with Gasteiger partial charge in [0.25, 0.3) is 0 Å². The smallest absolute Gasteiger partial charge is 0.191 e. The average Bonchev–Trinajstić information content (AvgIpc) is 2.75. The molecule has 0 aliphatic carbocycles. The third-order valence-corrected chi connectivity index (χ3v) is 5.30. The molecule has 1 saturated heterocycles. The Labute approximate surface area is 197 Å². The van der Waals surface area contributed by atoms with Crippen molar-refractivity contribution in [2.24, 2.45) is 10.9 Å². The first-order valence-corrected chi connectivity index (χ1v) is 10.8. The highest BCUT2D eigenvalue weighted by molar-refractivity contribution is 14.0. The van der Waals surface area contributed by atoms with Crippen LogP contribution in [0.4, 0.5) is 0 Å². The van der Waals surface area contributed by atoms with Gasteiger partial charge in [0.1, 0.15) is 0 Å². The minimum atomic E-state index is 0. The Bertz CT molecular complexity index is 787. The second-order valence-corrected chi connectivity index (χ2v) is 7.99. The number of ether oxygens (including phenoxy) is 1. The molecule has 0 spiro atoms. The van der Waals surface area contributed by atoms with Crippen LogP contribution < -0.4 is 10.6 Å². The van der Waals surface area contributed by atoms with Crippen LogP contribution in [0.2, 0.25) is 0 Å². The summed E-state index contributed by atoms with van der Waals surface area (Å²) in [6.45, 7) is 12.6. The van der Waals surface area contributed by atoms with E-state index in [1.807, 2.05) is 12.3 Å². The first kappa shape index (κ1) is 24.8. The normalized spacial score (nSPS) is 16.3. The Morgan fingerprint density at radius 1 is 1.17 bits per heavy atom. The molecule has 1 aromatic heterocycles. The summed E-state index contributed by atoms with van der Waals surface area (Å²) in [6, 6.07) is 10.9.